The van der Waals surface area contributed by atoms with Crippen molar-refractivity contribution < 1.29 is 14.2 Å². The van der Waals surface area contributed by atoms with E-state index < -0.39 is 0 Å². The summed E-state index contributed by atoms with van der Waals surface area (Å²) in [6.45, 7) is 0. The van der Waals surface area contributed by atoms with E-state index in [1.807, 2.05) is 0 Å². The zero-order chi connectivity index (χ0) is 14.7. The summed E-state index contributed by atoms with van der Waals surface area (Å²) < 4.78 is 16.0. The van der Waals surface area contributed by atoms with Crippen LogP contribution >= 0.6 is 23.2 Å². The molecule has 4 nitrogen and oxygen atoms in total. The van der Waals surface area contributed by atoms with E-state index in [0.717, 1.165) is 0 Å². The van der Waals surface area contributed by atoms with E-state index in [0.29, 0.717) is 38.7 Å². The molecule has 0 fully saturated rings. The van der Waals surface area contributed by atoms with Crippen molar-refractivity contribution in [3.05, 3.63) is 40.4 Å². The van der Waals surface area contributed by atoms with Gasteiger partial charge < -0.3 is 19.9 Å². The molecule has 0 aliphatic heterocycles. The number of benzene rings is 2. The highest BCUT2D eigenvalue weighted by molar-refractivity contribution is 6.42. The fourth-order valence-corrected chi connectivity index (χ4v) is 1.92. The third kappa shape index (κ3) is 3.03. The summed E-state index contributed by atoms with van der Waals surface area (Å²) in [7, 11) is 3.08. The minimum atomic E-state index is 0.406. The summed E-state index contributed by atoms with van der Waals surface area (Å²) >= 11 is 11.8. The van der Waals surface area contributed by atoms with E-state index in [-0.39, 0.29) is 0 Å². The lowest BCUT2D eigenvalue weighted by Gasteiger charge is -2.13. The fraction of sp³-hybridized carbons (Fsp3) is 0.143. The van der Waals surface area contributed by atoms with Crippen LogP contribution in [0.25, 0.3) is 0 Å². The Morgan fingerprint density at radius 2 is 1.50 bits per heavy atom. The van der Waals surface area contributed by atoms with E-state index in [2.05, 4.69) is 0 Å². The summed E-state index contributed by atoms with van der Waals surface area (Å²) in [6.07, 6.45) is 0. The molecule has 0 amide bonds. The van der Waals surface area contributed by atoms with Crippen molar-refractivity contribution >= 4 is 28.9 Å². The molecule has 0 bridgehead atoms. The van der Waals surface area contributed by atoms with Crippen LogP contribution in [-0.4, -0.2) is 14.2 Å². The molecule has 2 aromatic carbocycles. The number of nitrogens with two attached hydrogens (primary N) is 1. The van der Waals surface area contributed by atoms with E-state index in [9.17, 15) is 0 Å². The molecular formula is C14H13Cl2NO3. The molecule has 2 aromatic rings. The van der Waals surface area contributed by atoms with Gasteiger partial charge in [-0.05, 0) is 12.1 Å². The number of nitrogen functional groups attached to an aromatic ring is 1. The molecule has 0 unspecified atom stereocenters. The van der Waals surface area contributed by atoms with Gasteiger partial charge in [0.15, 0.2) is 17.2 Å². The summed E-state index contributed by atoms with van der Waals surface area (Å²) in [4.78, 5) is 0. The quantitative estimate of drug-likeness (QED) is 0.851. The maximum atomic E-state index is 5.94. The smallest absolute Gasteiger partial charge is 0.164 e. The van der Waals surface area contributed by atoms with Gasteiger partial charge in [-0.15, -0.1) is 0 Å². The van der Waals surface area contributed by atoms with Crippen LogP contribution in [-0.2, 0) is 0 Å². The molecule has 0 aliphatic rings. The summed E-state index contributed by atoms with van der Waals surface area (Å²) in [5.41, 5.74) is 6.34. The number of ether oxygens (including phenoxy) is 3. The first-order chi connectivity index (χ1) is 9.55. The fourth-order valence-electron chi connectivity index (χ4n) is 1.63. The predicted octanol–water partition coefficient (Wildman–Crippen LogP) is 4.39. The van der Waals surface area contributed by atoms with E-state index in [1.54, 1.807) is 30.3 Å². The molecule has 0 heterocycles. The van der Waals surface area contributed by atoms with Crippen molar-refractivity contribution in [2.24, 2.45) is 0 Å². The maximum absolute atomic E-state index is 5.94. The maximum Gasteiger partial charge on any atom is 0.164 e. The van der Waals surface area contributed by atoms with Crippen molar-refractivity contribution in [2.45, 2.75) is 0 Å². The summed E-state index contributed by atoms with van der Waals surface area (Å²) in [5.74, 6) is 2.03. The third-order valence-corrected chi connectivity index (χ3v) is 3.37. The second kappa shape index (κ2) is 6.11. The number of rotatable bonds is 4. The average Bonchev–Trinajstić information content (AvgIpc) is 2.44. The Bertz CT molecular complexity index is 632. The molecule has 2 N–H and O–H groups in total. The topological polar surface area (TPSA) is 53.7 Å². The molecule has 20 heavy (non-hydrogen) atoms. The van der Waals surface area contributed by atoms with E-state index in [4.69, 9.17) is 43.1 Å². The van der Waals surface area contributed by atoms with Gasteiger partial charge >= 0.3 is 0 Å². The summed E-state index contributed by atoms with van der Waals surface area (Å²) in [6, 6.07) is 8.24. The van der Waals surface area contributed by atoms with Gasteiger partial charge in [-0.25, -0.2) is 0 Å². The zero-order valence-electron chi connectivity index (χ0n) is 10.9. The number of methoxy groups -OCH3 is 2. The lowest BCUT2D eigenvalue weighted by atomic mass is 10.2. The van der Waals surface area contributed by atoms with Crippen molar-refractivity contribution in [3.8, 4) is 23.0 Å². The zero-order valence-corrected chi connectivity index (χ0v) is 12.5. The van der Waals surface area contributed by atoms with Crippen LogP contribution in [0.1, 0.15) is 0 Å². The van der Waals surface area contributed by atoms with Crippen molar-refractivity contribution in [3.63, 3.8) is 0 Å². The number of anilines is 1. The Kier molecular flexibility index (Phi) is 4.47. The second-order valence-corrected chi connectivity index (χ2v) is 4.74. The van der Waals surface area contributed by atoms with Gasteiger partial charge in [-0.2, -0.15) is 0 Å². The number of hydrogen-bond acceptors (Lipinski definition) is 4. The van der Waals surface area contributed by atoms with Crippen LogP contribution in [0, 0.1) is 0 Å². The van der Waals surface area contributed by atoms with Crippen LogP contribution in [0.5, 0.6) is 23.0 Å². The van der Waals surface area contributed by atoms with Crippen molar-refractivity contribution in [2.75, 3.05) is 20.0 Å². The lowest BCUT2D eigenvalue weighted by molar-refractivity contribution is 0.352. The Labute approximate surface area is 127 Å². The number of hydrogen-bond donors (Lipinski definition) is 1. The third-order valence-electron chi connectivity index (χ3n) is 2.63. The van der Waals surface area contributed by atoms with Crippen LogP contribution in [0.4, 0.5) is 5.69 Å². The Balaban J connectivity index is 2.35. The molecule has 0 spiro atoms. The molecule has 106 valence electrons. The van der Waals surface area contributed by atoms with Gasteiger partial charge in [0, 0.05) is 18.2 Å². The van der Waals surface area contributed by atoms with E-state index >= 15 is 0 Å². The molecule has 0 radical (unpaired) electrons. The average molecular weight is 314 g/mol. The highest BCUT2D eigenvalue weighted by Crippen LogP contribution is 2.39. The lowest BCUT2D eigenvalue weighted by Crippen LogP contribution is -1.96. The predicted molar refractivity (Wildman–Crippen MR) is 80.5 cm³/mol. The SMILES string of the molecule is COc1cc(N)c(Oc2ccc(Cl)c(Cl)c2)cc1OC. The van der Waals surface area contributed by atoms with Gasteiger partial charge in [0.1, 0.15) is 5.75 Å². The Morgan fingerprint density at radius 1 is 0.850 bits per heavy atom. The first-order valence-electron chi connectivity index (χ1n) is 5.69. The van der Waals surface area contributed by atoms with Gasteiger partial charge in [0.25, 0.3) is 0 Å². The van der Waals surface area contributed by atoms with Crippen LogP contribution in [0.3, 0.4) is 0 Å². The molecular weight excluding hydrogens is 301 g/mol. The van der Waals surface area contributed by atoms with E-state index in [1.165, 1.54) is 14.2 Å². The first-order valence-corrected chi connectivity index (χ1v) is 6.45. The molecule has 0 saturated heterocycles. The number of halogens is 2. The standard InChI is InChI=1S/C14H13Cl2NO3/c1-18-13-6-11(17)12(7-14(13)19-2)20-8-3-4-9(15)10(16)5-8/h3-7H,17H2,1-2H3. The molecule has 0 aliphatic carbocycles. The van der Waals surface area contributed by atoms with Gasteiger partial charge in [-0.3, -0.25) is 0 Å². The van der Waals surface area contributed by atoms with Gasteiger partial charge in [-0.1, -0.05) is 23.2 Å². The Hall–Kier alpha value is -1.78. The van der Waals surface area contributed by atoms with Gasteiger partial charge in [0.05, 0.1) is 30.0 Å². The first kappa shape index (κ1) is 14.6. The molecule has 0 atom stereocenters. The molecule has 2 rings (SSSR count). The van der Waals surface area contributed by atoms with Crippen molar-refractivity contribution in [1.82, 2.24) is 0 Å². The van der Waals surface area contributed by atoms with Crippen LogP contribution in [0.15, 0.2) is 30.3 Å². The normalized spacial score (nSPS) is 10.2. The minimum Gasteiger partial charge on any atom is -0.493 e. The van der Waals surface area contributed by atoms with Crippen LogP contribution in [0.2, 0.25) is 10.0 Å². The second-order valence-electron chi connectivity index (χ2n) is 3.92. The monoisotopic (exact) mass is 313 g/mol. The van der Waals surface area contributed by atoms with Crippen molar-refractivity contribution in [1.29, 1.82) is 0 Å². The molecule has 0 aromatic heterocycles. The minimum absolute atomic E-state index is 0.406. The van der Waals surface area contributed by atoms with Gasteiger partial charge in [0.2, 0.25) is 0 Å². The molecule has 0 saturated carbocycles. The largest absolute Gasteiger partial charge is 0.493 e. The summed E-state index contributed by atoms with van der Waals surface area (Å²) in [5, 5.41) is 0.863. The Morgan fingerprint density at radius 3 is 2.10 bits per heavy atom. The highest BCUT2D eigenvalue weighted by Gasteiger charge is 2.11. The highest BCUT2D eigenvalue weighted by atomic mass is 35.5. The van der Waals surface area contributed by atoms with Crippen LogP contribution < -0.4 is 19.9 Å². The molecule has 6 heteroatoms.